The van der Waals surface area contributed by atoms with E-state index in [4.69, 9.17) is 21.7 Å². The van der Waals surface area contributed by atoms with E-state index < -0.39 is 0 Å². The summed E-state index contributed by atoms with van der Waals surface area (Å²) in [5.74, 6) is 0.707. The maximum Gasteiger partial charge on any atom is 0.276 e. The highest BCUT2D eigenvalue weighted by atomic mass is 32.1. The number of likely N-dealkylation sites (N-methyl/N-ethyl adjacent to an activating group) is 1. The van der Waals surface area contributed by atoms with Crippen LogP contribution in [-0.4, -0.2) is 29.1 Å². The SMILES string of the molecule is CCOc1cc(/C=C2\NC(=S)N(CC)C2=O)ccc1OCc1ccc(F)cc1. The van der Waals surface area contributed by atoms with E-state index >= 15 is 0 Å². The number of carbonyl (C=O) groups is 1. The summed E-state index contributed by atoms with van der Waals surface area (Å²) in [6.45, 7) is 5.03. The minimum atomic E-state index is -0.285. The molecule has 0 unspecified atom stereocenters. The van der Waals surface area contributed by atoms with Crippen molar-refractivity contribution in [3.63, 3.8) is 0 Å². The quantitative estimate of drug-likeness (QED) is 0.565. The maximum atomic E-state index is 13.0. The van der Waals surface area contributed by atoms with Gasteiger partial charge < -0.3 is 14.8 Å². The van der Waals surface area contributed by atoms with Gasteiger partial charge in [0.25, 0.3) is 5.91 Å². The van der Waals surface area contributed by atoms with Crippen molar-refractivity contribution in [2.24, 2.45) is 0 Å². The fourth-order valence-electron chi connectivity index (χ4n) is 2.77. The molecule has 1 N–H and O–H groups in total. The van der Waals surface area contributed by atoms with E-state index in [0.717, 1.165) is 11.1 Å². The van der Waals surface area contributed by atoms with Crippen LogP contribution in [0.25, 0.3) is 6.08 Å². The summed E-state index contributed by atoms with van der Waals surface area (Å²) in [4.78, 5) is 13.8. The number of hydrogen-bond acceptors (Lipinski definition) is 4. The van der Waals surface area contributed by atoms with Crippen LogP contribution in [0.1, 0.15) is 25.0 Å². The zero-order valence-corrected chi connectivity index (χ0v) is 16.5. The van der Waals surface area contributed by atoms with E-state index in [1.807, 2.05) is 26.0 Å². The molecule has 1 amide bonds. The van der Waals surface area contributed by atoms with E-state index in [9.17, 15) is 9.18 Å². The molecule has 7 heteroatoms. The first-order chi connectivity index (χ1) is 13.5. The number of halogens is 1. The van der Waals surface area contributed by atoms with Crippen molar-refractivity contribution in [3.05, 3.63) is 65.1 Å². The second-order valence-corrected chi connectivity index (χ2v) is 6.48. The van der Waals surface area contributed by atoms with Crippen molar-refractivity contribution in [2.75, 3.05) is 13.2 Å². The molecule has 0 atom stereocenters. The van der Waals surface area contributed by atoms with Gasteiger partial charge in [0.05, 0.1) is 6.61 Å². The van der Waals surface area contributed by atoms with Crippen LogP contribution in [-0.2, 0) is 11.4 Å². The monoisotopic (exact) mass is 400 g/mol. The first kappa shape index (κ1) is 19.8. The molecular weight excluding hydrogens is 379 g/mol. The van der Waals surface area contributed by atoms with Crippen molar-refractivity contribution in [2.45, 2.75) is 20.5 Å². The van der Waals surface area contributed by atoms with Gasteiger partial charge in [0.1, 0.15) is 18.1 Å². The van der Waals surface area contributed by atoms with Gasteiger partial charge in [-0.25, -0.2) is 4.39 Å². The number of hydrogen-bond donors (Lipinski definition) is 1. The van der Waals surface area contributed by atoms with Crippen LogP contribution < -0.4 is 14.8 Å². The molecule has 2 aromatic rings. The number of thiocarbonyl (C=S) groups is 1. The average Bonchev–Trinajstić information content (AvgIpc) is 2.95. The predicted octanol–water partition coefficient (Wildman–Crippen LogP) is 3.88. The van der Waals surface area contributed by atoms with Gasteiger partial charge >= 0.3 is 0 Å². The lowest BCUT2D eigenvalue weighted by Crippen LogP contribution is -2.30. The summed E-state index contributed by atoms with van der Waals surface area (Å²) in [7, 11) is 0. The number of carbonyl (C=O) groups excluding carboxylic acids is 1. The summed E-state index contributed by atoms with van der Waals surface area (Å²) >= 11 is 5.17. The third kappa shape index (κ3) is 4.48. The molecule has 0 aromatic heterocycles. The van der Waals surface area contributed by atoms with Gasteiger partial charge in [-0.2, -0.15) is 0 Å². The number of benzene rings is 2. The molecule has 0 aliphatic carbocycles. The van der Waals surface area contributed by atoms with Crippen LogP contribution in [0.2, 0.25) is 0 Å². The van der Waals surface area contributed by atoms with Gasteiger partial charge in [-0.3, -0.25) is 9.69 Å². The lowest BCUT2D eigenvalue weighted by atomic mass is 10.1. The molecule has 2 aromatic carbocycles. The van der Waals surface area contributed by atoms with Crippen molar-refractivity contribution in [3.8, 4) is 11.5 Å². The summed E-state index contributed by atoms with van der Waals surface area (Å²) in [6, 6.07) is 11.6. The van der Waals surface area contributed by atoms with Gasteiger partial charge in [0, 0.05) is 6.54 Å². The molecule has 0 radical (unpaired) electrons. The highest BCUT2D eigenvalue weighted by Crippen LogP contribution is 2.30. The Balaban J connectivity index is 1.79. The molecule has 0 saturated carbocycles. The van der Waals surface area contributed by atoms with E-state index in [2.05, 4.69) is 5.32 Å². The van der Waals surface area contributed by atoms with E-state index in [1.165, 1.54) is 17.0 Å². The standard InChI is InChI=1S/C21H21FN2O3S/c1-3-24-20(25)17(23-21(24)28)11-15-7-10-18(19(12-15)26-4-2)27-13-14-5-8-16(22)9-6-14/h5-12H,3-4,13H2,1-2H3,(H,23,28)/b17-11-. The van der Waals surface area contributed by atoms with Crippen LogP contribution in [0.15, 0.2) is 48.2 Å². The Morgan fingerprint density at radius 1 is 1.11 bits per heavy atom. The van der Waals surface area contributed by atoms with Gasteiger partial charge in [-0.1, -0.05) is 18.2 Å². The maximum absolute atomic E-state index is 13.0. The molecule has 1 saturated heterocycles. The third-order valence-electron chi connectivity index (χ3n) is 4.16. The molecule has 0 spiro atoms. The van der Waals surface area contributed by atoms with E-state index in [-0.39, 0.29) is 11.7 Å². The smallest absolute Gasteiger partial charge is 0.276 e. The number of amides is 1. The first-order valence-electron chi connectivity index (χ1n) is 9.00. The second-order valence-electron chi connectivity index (χ2n) is 6.09. The highest BCUT2D eigenvalue weighted by molar-refractivity contribution is 7.80. The van der Waals surface area contributed by atoms with E-state index in [0.29, 0.717) is 42.1 Å². The Bertz CT molecular complexity index is 912. The molecule has 1 aliphatic heterocycles. The molecule has 1 heterocycles. The number of ether oxygens (including phenoxy) is 2. The van der Waals surface area contributed by atoms with Gasteiger partial charge in [-0.15, -0.1) is 0 Å². The Morgan fingerprint density at radius 3 is 2.50 bits per heavy atom. The Hall–Kier alpha value is -2.93. The Morgan fingerprint density at radius 2 is 1.86 bits per heavy atom. The lowest BCUT2D eigenvalue weighted by Gasteiger charge is -2.13. The number of nitrogens with one attached hydrogen (secondary N) is 1. The Kier molecular flexibility index (Phi) is 6.26. The normalized spacial score (nSPS) is 15.1. The van der Waals surface area contributed by atoms with Gasteiger partial charge in [0.2, 0.25) is 0 Å². The molecule has 3 rings (SSSR count). The van der Waals surface area contributed by atoms with Crippen LogP contribution in [0.5, 0.6) is 11.5 Å². The van der Waals surface area contributed by atoms with Crippen molar-refractivity contribution < 1.29 is 18.7 Å². The zero-order chi connectivity index (χ0) is 20.1. The molecule has 5 nitrogen and oxygen atoms in total. The lowest BCUT2D eigenvalue weighted by molar-refractivity contribution is -0.122. The fourth-order valence-corrected chi connectivity index (χ4v) is 3.09. The molecular formula is C21H21FN2O3S. The summed E-state index contributed by atoms with van der Waals surface area (Å²) in [6.07, 6.45) is 1.73. The molecule has 146 valence electrons. The first-order valence-corrected chi connectivity index (χ1v) is 9.41. The van der Waals surface area contributed by atoms with Crippen LogP contribution in [0, 0.1) is 5.82 Å². The van der Waals surface area contributed by atoms with Crippen molar-refractivity contribution in [1.82, 2.24) is 10.2 Å². The largest absolute Gasteiger partial charge is 0.490 e. The number of rotatable bonds is 7. The summed E-state index contributed by atoms with van der Waals surface area (Å²) in [5.41, 5.74) is 2.06. The van der Waals surface area contributed by atoms with Crippen molar-refractivity contribution >= 4 is 29.3 Å². The predicted molar refractivity (Wildman–Crippen MR) is 109 cm³/mol. The minimum Gasteiger partial charge on any atom is -0.490 e. The van der Waals surface area contributed by atoms with Crippen LogP contribution >= 0.6 is 12.2 Å². The summed E-state index contributed by atoms with van der Waals surface area (Å²) < 4.78 is 24.5. The topological polar surface area (TPSA) is 50.8 Å². The summed E-state index contributed by atoms with van der Waals surface area (Å²) in [5, 5.41) is 3.34. The third-order valence-corrected chi connectivity index (χ3v) is 4.49. The Labute approximate surface area is 168 Å². The van der Waals surface area contributed by atoms with Gasteiger partial charge in [-0.05, 0) is 67.5 Å². The fraction of sp³-hybridized carbons (Fsp3) is 0.238. The molecule has 28 heavy (non-hydrogen) atoms. The van der Waals surface area contributed by atoms with Crippen molar-refractivity contribution in [1.29, 1.82) is 0 Å². The average molecular weight is 400 g/mol. The molecule has 0 bridgehead atoms. The number of nitrogens with zero attached hydrogens (tertiary/aromatic N) is 1. The highest BCUT2D eigenvalue weighted by Gasteiger charge is 2.29. The van der Waals surface area contributed by atoms with E-state index in [1.54, 1.807) is 24.3 Å². The van der Waals surface area contributed by atoms with Gasteiger partial charge in [0.15, 0.2) is 16.6 Å². The zero-order valence-electron chi connectivity index (χ0n) is 15.7. The van der Waals surface area contributed by atoms with Crippen LogP contribution in [0.3, 0.4) is 0 Å². The van der Waals surface area contributed by atoms with Crippen LogP contribution in [0.4, 0.5) is 4.39 Å². The molecule has 1 fully saturated rings. The second kappa shape index (κ2) is 8.84. The molecule has 1 aliphatic rings. The minimum absolute atomic E-state index is 0.151.